The summed E-state index contributed by atoms with van der Waals surface area (Å²) in [6, 6.07) is 0.746. The molecule has 0 aliphatic rings. The molecule has 0 heterocycles. The van der Waals surface area contributed by atoms with Crippen LogP contribution in [-0.4, -0.2) is 36.5 Å². The minimum absolute atomic E-state index is 0.115. The molecule has 16 heavy (non-hydrogen) atoms. The summed E-state index contributed by atoms with van der Waals surface area (Å²) in [5.41, 5.74) is 0. The second kappa shape index (κ2) is 9.97. The van der Waals surface area contributed by atoms with Crippen LogP contribution in [0.25, 0.3) is 0 Å². The van der Waals surface area contributed by atoms with Crippen molar-refractivity contribution in [3.8, 4) is 0 Å². The molecule has 2 N–H and O–H groups in total. The van der Waals surface area contributed by atoms with Crippen LogP contribution in [0.15, 0.2) is 0 Å². The zero-order valence-corrected chi connectivity index (χ0v) is 11.8. The topological polar surface area (TPSA) is 41.1 Å². The summed E-state index contributed by atoms with van der Waals surface area (Å²) in [7, 11) is 0. The van der Waals surface area contributed by atoms with Crippen LogP contribution in [0.2, 0.25) is 0 Å². The predicted octanol–water partition coefficient (Wildman–Crippen LogP) is 2.02. The third kappa shape index (κ3) is 7.99. The minimum atomic E-state index is 0.115. The average molecular weight is 246 g/mol. The van der Waals surface area contributed by atoms with Crippen molar-refractivity contribution >= 4 is 17.7 Å². The molecule has 1 atom stereocenters. The van der Waals surface area contributed by atoms with Crippen LogP contribution in [0.3, 0.4) is 0 Å². The second-order valence-corrected chi connectivity index (χ2v) is 5.13. The van der Waals surface area contributed by atoms with Gasteiger partial charge >= 0.3 is 0 Å². The summed E-state index contributed by atoms with van der Waals surface area (Å²) in [5.74, 6) is 1.26. The number of carbonyl (C=O) groups is 1. The van der Waals surface area contributed by atoms with Crippen LogP contribution in [0.5, 0.6) is 0 Å². The molecule has 1 unspecified atom stereocenters. The van der Waals surface area contributed by atoms with Gasteiger partial charge in [0.25, 0.3) is 0 Å². The molecule has 0 saturated heterocycles. The Kier molecular flexibility index (Phi) is 9.83. The Morgan fingerprint density at radius 3 is 2.44 bits per heavy atom. The lowest BCUT2D eigenvalue weighted by atomic mass is 10.2. The quantitative estimate of drug-likeness (QED) is 0.654. The van der Waals surface area contributed by atoms with Crippen LogP contribution >= 0.6 is 11.8 Å². The van der Waals surface area contributed by atoms with Crippen LogP contribution < -0.4 is 10.6 Å². The zero-order valence-electron chi connectivity index (χ0n) is 11.0. The molecule has 0 aliphatic carbocycles. The van der Waals surface area contributed by atoms with E-state index in [0.717, 1.165) is 25.0 Å². The molecule has 0 aliphatic heterocycles. The van der Waals surface area contributed by atoms with E-state index in [4.69, 9.17) is 0 Å². The number of rotatable bonds is 9. The summed E-state index contributed by atoms with van der Waals surface area (Å²) < 4.78 is 0. The lowest BCUT2D eigenvalue weighted by Crippen LogP contribution is -2.42. The Labute approximate surface area is 104 Å². The molecular weight excluding hydrogens is 220 g/mol. The predicted molar refractivity (Wildman–Crippen MR) is 73.0 cm³/mol. The van der Waals surface area contributed by atoms with E-state index in [1.807, 2.05) is 11.8 Å². The van der Waals surface area contributed by atoms with E-state index in [-0.39, 0.29) is 5.91 Å². The van der Waals surface area contributed by atoms with Gasteiger partial charge in [0.15, 0.2) is 0 Å². The van der Waals surface area contributed by atoms with Gasteiger partial charge in [0.05, 0.1) is 6.54 Å². The van der Waals surface area contributed by atoms with Crippen LogP contribution in [-0.2, 0) is 4.79 Å². The minimum Gasteiger partial charge on any atom is -0.352 e. The van der Waals surface area contributed by atoms with Gasteiger partial charge in [-0.1, -0.05) is 13.8 Å². The van der Waals surface area contributed by atoms with E-state index in [9.17, 15) is 4.79 Å². The van der Waals surface area contributed by atoms with E-state index in [1.165, 1.54) is 0 Å². The molecule has 0 rings (SSSR count). The molecule has 0 aromatic heterocycles. The lowest BCUT2D eigenvalue weighted by molar-refractivity contribution is -0.121. The third-order valence-electron chi connectivity index (χ3n) is 2.72. The molecular formula is C12H26N2OS. The van der Waals surface area contributed by atoms with Crippen molar-refractivity contribution in [3.63, 3.8) is 0 Å². The van der Waals surface area contributed by atoms with Gasteiger partial charge in [-0.2, -0.15) is 11.8 Å². The van der Waals surface area contributed by atoms with Crippen molar-refractivity contribution in [1.29, 1.82) is 0 Å². The Hall–Kier alpha value is -0.220. The Morgan fingerprint density at radius 1 is 1.31 bits per heavy atom. The molecule has 1 amide bonds. The summed E-state index contributed by atoms with van der Waals surface area (Å²) in [4.78, 5) is 11.6. The van der Waals surface area contributed by atoms with Crippen molar-refractivity contribution in [2.75, 3.05) is 18.6 Å². The van der Waals surface area contributed by atoms with Gasteiger partial charge in [-0.25, -0.2) is 0 Å². The summed E-state index contributed by atoms with van der Waals surface area (Å²) in [5, 5.41) is 6.27. The van der Waals surface area contributed by atoms with Gasteiger partial charge in [0, 0.05) is 12.1 Å². The molecule has 0 radical (unpaired) electrons. The van der Waals surface area contributed by atoms with Crippen LogP contribution in [0, 0.1) is 0 Å². The number of hydrogen-bond donors (Lipinski definition) is 2. The van der Waals surface area contributed by atoms with Crippen LogP contribution in [0.4, 0.5) is 0 Å². The molecule has 0 aromatic carbocycles. The lowest BCUT2D eigenvalue weighted by Gasteiger charge is -2.17. The highest BCUT2D eigenvalue weighted by atomic mass is 32.2. The van der Waals surface area contributed by atoms with Crippen molar-refractivity contribution in [2.24, 2.45) is 0 Å². The molecule has 0 spiro atoms. The number of thioether (sulfide) groups is 1. The van der Waals surface area contributed by atoms with Gasteiger partial charge in [-0.15, -0.1) is 0 Å². The highest BCUT2D eigenvalue weighted by molar-refractivity contribution is 7.98. The highest BCUT2D eigenvalue weighted by Crippen LogP contribution is 1.99. The Bertz CT molecular complexity index is 184. The maximum Gasteiger partial charge on any atom is 0.234 e. The first-order chi connectivity index (χ1) is 7.63. The number of nitrogens with one attached hydrogen (secondary N) is 2. The first-order valence-electron chi connectivity index (χ1n) is 6.15. The molecule has 0 aromatic rings. The fourth-order valence-electron chi connectivity index (χ4n) is 1.44. The van der Waals surface area contributed by atoms with Crippen molar-refractivity contribution < 1.29 is 4.79 Å². The van der Waals surface area contributed by atoms with Crippen molar-refractivity contribution in [1.82, 2.24) is 10.6 Å². The molecule has 0 fully saturated rings. The largest absolute Gasteiger partial charge is 0.352 e. The van der Waals surface area contributed by atoms with E-state index >= 15 is 0 Å². The third-order valence-corrected chi connectivity index (χ3v) is 3.36. The van der Waals surface area contributed by atoms with Gasteiger partial charge in [-0.05, 0) is 38.2 Å². The van der Waals surface area contributed by atoms with E-state index in [0.29, 0.717) is 18.6 Å². The van der Waals surface area contributed by atoms with E-state index < -0.39 is 0 Å². The first-order valence-corrected chi connectivity index (χ1v) is 7.55. The fraction of sp³-hybridized carbons (Fsp3) is 0.917. The summed E-state index contributed by atoms with van der Waals surface area (Å²) in [6.45, 7) is 6.76. The number of hydrogen-bond acceptors (Lipinski definition) is 3. The van der Waals surface area contributed by atoms with E-state index in [1.54, 1.807) is 0 Å². The molecule has 0 bridgehead atoms. The maximum absolute atomic E-state index is 11.6. The fourth-order valence-corrected chi connectivity index (χ4v) is 2.02. The van der Waals surface area contributed by atoms with Crippen molar-refractivity contribution in [3.05, 3.63) is 0 Å². The SMILES string of the molecule is CCC(CC)NC(=O)CNC(C)CCSC. The van der Waals surface area contributed by atoms with Gasteiger partial charge < -0.3 is 10.6 Å². The maximum atomic E-state index is 11.6. The highest BCUT2D eigenvalue weighted by Gasteiger charge is 2.09. The monoisotopic (exact) mass is 246 g/mol. The summed E-state index contributed by atoms with van der Waals surface area (Å²) in [6.07, 6.45) is 5.22. The van der Waals surface area contributed by atoms with Gasteiger partial charge in [0.1, 0.15) is 0 Å². The van der Waals surface area contributed by atoms with Crippen molar-refractivity contribution in [2.45, 2.75) is 52.1 Å². The Morgan fingerprint density at radius 2 is 1.94 bits per heavy atom. The number of amides is 1. The standard InChI is InChI=1S/C12H26N2OS/c1-5-11(6-2)14-12(15)9-13-10(3)7-8-16-4/h10-11,13H,5-9H2,1-4H3,(H,14,15). The Balaban J connectivity index is 3.63. The zero-order chi connectivity index (χ0) is 12.4. The summed E-state index contributed by atoms with van der Waals surface area (Å²) >= 11 is 1.84. The molecule has 0 saturated carbocycles. The molecule has 96 valence electrons. The smallest absolute Gasteiger partial charge is 0.234 e. The normalized spacial score (nSPS) is 12.8. The van der Waals surface area contributed by atoms with Gasteiger partial charge in [-0.3, -0.25) is 4.79 Å². The van der Waals surface area contributed by atoms with Crippen LogP contribution in [0.1, 0.15) is 40.0 Å². The number of carbonyl (C=O) groups excluding carboxylic acids is 1. The molecule has 3 nitrogen and oxygen atoms in total. The molecule has 4 heteroatoms. The average Bonchev–Trinajstić information content (AvgIpc) is 2.30. The van der Waals surface area contributed by atoms with Gasteiger partial charge in [0.2, 0.25) is 5.91 Å². The van der Waals surface area contributed by atoms with E-state index in [2.05, 4.69) is 37.7 Å². The second-order valence-electron chi connectivity index (χ2n) is 4.14. The first kappa shape index (κ1) is 15.8.